The number of carbonyl (C=O) groups is 1. The first-order valence-electron chi connectivity index (χ1n) is 6.87. The SMILES string of the molecule is COCC(C)NC(=O)Cc1ccc(CC(C)C)cc1. The van der Waals surface area contributed by atoms with E-state index in [4.69, 9.17) is 4.74 Å². The molecule has 0 aliphatic heterocycles. The molecule has 0 aromatic heterocycles. The van der Waals surface area contributed by atoms with Crippen LogP contribution < -0.4 is 5.32 Å². The Hall–Kier alpha value is -1.35. The predicted molar refractivity (Wildman–Crippen MR) is 78.2 cm³/mol. The Morgan fingerprint density at radius 1 is 1.16 bits per heavy atom. The number of nitrogens with one attached hydrogen (secondary N) is 1. The minimum absolute atomic E-state index is 0.0427. The van der Waals surface area contributed by atoms with Crippen molar-refractivity contribution >= 4 is 5.91 Å². The van der Waals surface area contributed by atoms with E-state index in [0.29, 0.717) is 18.9 Å². The van der Waals surface area contributed by atoms with E-state index < -0.39 is 0 Å². The summed E-state index contributed by atoms with van der Waals surface area (Å²) in [7, 11) is 1.64. The van der Waals surface area contributed by atoms with Gasteiger partial charge in [-0.2, -0.15) is 0 Å². The van der Waals surface area contributed by atoms with Crippen LogP contribution in [-0.2, 0) is 22.4 Å². The van der Waals surface area contributed by atoms with Crippen molar-refractivity contribution in [2.45, 2.75) is 39.7 Å². The van der Waals surface area contributed by atoms with E-state index in [1.165, 1.54) is 5.56 Å². The highest BCUT2D eigenvalue weighted by molar-refractivity contribution is 5.78. The first-order valence-corrected chi connectivity index (χ1v) is 6.87. The quantitative estimate of drug-likeness (QED) is 0.821. The number of rotatable bonds is 7. The van der Waals surface area contributed by atoms with Crippen LogP contribution in [0.25, 0.3) is 0 Å². The molecular weight excluding hydrogens is 238 g/mol. The van der Waals surface area contributed by atoms with Gasteiger partial charge in [-0.15, -0.1) is 0 Å². The molecule has 0 aliphatic carbocycles. The fourth-order valence-electron chi connectivity index (χ4n) is 2.07. The van der Waals surface area contributed by atoms with E-state index in [9.17, 15) is 4.79 Å². The first-order chi connectivity index (χ1) is 9.01. The van der Waals surface area contributed by atoms with Crippen LogP contribution in [-0.4, -0.2) is 25.7 Å². The van der Waals surface area contributed by atoms with Crippen molar-refractivity contribution in [1.29, 1.82) is 0 Å². The van der Waals surface area contributed by atoms with Crippen molar-refractivity contribution in [2.24, 2.45) is 5.92 Å². The number of benzene rings is 1. The standard InChI is InChI=1S/C16H25NO2/c1-12(2)9-14-5-7-15(8-6-14)10-16(18)17-13(3)11-19-4/h5-8,12-13H,9-11H2,1-4H3,(H,17,18). The molecule has 106 valence electrons. The van der Waals surface area contributed by atoms with Crippen LogP contribution >= 0.6 is 0 Å². The Kier molecular flexibility index (Phi) is 6.57. The maximum atomic E-state index is 11.8. The molecule has 0 saturated carbocycles. The smallest absolute Gasteiger partial charge is 0.224 e. The van der Waals surface area contributed by atoms with Gasteiger partial charge in [0.15, 0.2) is 0 Å². The van der Waals surface area contributed by atoms with Gasteiger partial charge in [-0.1, -0.05) is 38.1 Å². The average molecular weight is 263 g/mol. The fraction of sp³-hybridized carbons (Fsp3) is 0.562. The maximum Gasteiger partial charge on any atom is 0.224 e. The van der Waals surface area contributed by atoms with Crippen molar-refractivity contribution in [2.75, 3.05) is 13.7 Å². The van der Waals surface area contributed by atoms with Gasteiger partial charge in [0.2, 0.25) is 5.91 Å². The van der Waals surface area contributed by atoms with Gasteiger partial charge in [-0.3, -0.25) is 4.79 Å². The number of ether oxygens (including phenoxy) is 1. The number of amides is 1. The summed E-state index contributed by atoms with van der Waals surface area (Å²) in [4.78, 5) is 11.8. The van der Waals surface area contributed by atoms with E-state index in [1.54, 1.807) is 7.11 Å². The van der Waals surface area contributed by atoms with Gasteiger partial charge in [-0.05, 0) is 30.4 Å². The lowest BCUT2D eigenvalue weighted by molar-refractivity contribution is -0.121. The molecule has 3 nitrogen and oxygen atoms in total. The van der Waals surface area contributed by atoms with Gasteiger partial charge in [0.1, 0.15) is 0 Å². The van der Waals surface area contributed by atoms with Gasteiger partial charge >= 0.3 is 0 Å². The summed E-state index contributed by atoms with van der Waals surface area (Å²) in [6, 6.07) is 8.36. The molecule has 1 aromatic rings. The molecule has 0 spiro atoms. The highest BCUT2D eigenvalue weighted by Crippen LogP contribution is 2.10. The van der Waals surface area contributed by atoms with Crippen LogP contribution in [0.15, 0.2) is 24.3 Å². The first kappa shape index (κ1) is 15.7. The molecule has 3 heteroatoms. The third kappa shape index (κ3) is 6.39. The van der Waals surface area contributed by atoms with Gasteiger partial charge in [0.05, 0.1) is 13.0 Å². The largest absolute Gasteiger partial charge is 0.383 e. The number of hydrogen-bond acceptors (Lipinski definition) is 2. The van der Waals surface area contributed by atoms with Crippen LogP contribution in [0.2, 0.25) is 0 Å². The number of hydrogen-bond donors (Lipinski definition) is 1. The lowest BCUT2D eigenvalue weighted by Crippen LogP contribution is -2.36. The van der Waals surface area contributed by atoms with E-state index >= 15 is 0 Å². The van der Waals surface area contributed by atoms with Crippen LogP contribution in [0.3, 0.4) is 0 Å². The molecule has 19 heavy (non-hydrogen) atoms. The molecule has 1 rings (SSSR count). The summed E-state index contributed by atoms with van der Waals surface area (Å²) < 4.78 is 4.99. The van der Waals surface area contributed by atoms with Crippen molar-refractivity contribution in [3.63, 3.8) is 0 Å². The van der Waals surface area contributed by atoms with Crippen LogP contribution in [0.1, 0.15) is 31.9 Å². The molecule has 1 unspecified atom stereocenters. The van der Waals surface area contributed by atoms with Crippen LogP contribution in [0, 0.1) is 5.92 Å². The highest BCUT2D eigenvalue weighted by Gasteiger charge is 2.08. The third-order valence-corrected chi connectivity index (χ3v) is 2.86. The summed E-state index contributed by atoms with van der Waals surface area (Å²) in [5.41, 5.74) is 2.38. The second-order valence-corrected chi connectivity index (χ2v) is 5.52. The van der Waals surface area contributed by atoms with E-state index in [-0.39, 0.29) is 11.9 Å². The Labute approximate surface area is 116 Å². The van der Waals surface area contributed by atoms with Crippen molar-refractivity contribution in [3.05, 3.63) is 35.4 Å². The highest BCUT2D eigenvalue weighted by atomic mass is 16.5. The minimum atomic E-state index is 0.0427. The predicted octanol–water partition coefficient (Wildman–Crippen LogP) is 2.58. The average Bonchev–Trinajstić information content (AvgIpc) is 2.31. The third-order valence-electron chi connectivity index (χ3n) is 2.86. The molecule has 0 bridgehead atoms. The van der Waals surface area contributed by atoms with Crippen molar-refractivity contribution < 1.29 is 9.53 Å². The molecule has 0 fully saturated rings. The topological polar surface area (TPSA) is 38.3 Å². The number of methoxy groups -OCH3 is 1. The lowest BCUT2D eigenvalue weighted by atomic mass is 10.0. The van der Waals surface area contributed by atoms with Gasteiger partial charge in [0.25, 0.3) is 0 Å². The summed E-state index contributed by atoms with van der Waals surface area (Å²) in [5, 5.41) is 2.91. The maximum absolute atomic E-state index is 11.8. The molecule has 0 aliphatic rings. The number of carbonyl (C=O) groups excluding carboxylic acids is 1. The van der Waals surface area contributed by atoms with Gasteiger partial charge in [-0.25, -0.2) is 0 Å². The second kappa shape index (κ2) is 7.95. The van der Waals surface area contributed by atoms with Gasteiger partial charge in [0, 0.05) is 13.2 Å². The molecule has 1 N–H and O–H groups in total. The molecular formula is C16H25NO2. The Balaban J connectivity index is 2.46. The normalized spacial score (nSPS) is 12.5. The zero-order chi connectivity index (χ0) is 14.3. The van der Waals surface area contributed by atoms with Gasteiger partial charge < -0.3 is 10.1 Å². The summed E-state index contributed by atoms with van der Waals surface area (Å²) in [6.45, 7) is 6.89. The Bertz CT molecular complexity index is 384. The van der Waals surface area contributed by atoms with E-state index in [2.05, 4.69) is 31.3 Å². The van der Waals surface area contributed by atoms with Crippen molar-refractivity contribution in [1.82, 2.24) is 5.32 Å². The Morgan fingerprint density at radius 3 is 2.26 bits per heavy atom. The minimum Gasteiger partial charge on any atom is -0.383 e. The second-order valence-electron chi connectivity index (χ2n) is 5.52. The summed E-state index contributed by atoms with van der Waals surface area (Å²) >= 11 is 0. The lowest BCUT2D eigenvalue weighted by Gasteiger charge is -2.13. The van der Waals surface area contributed by atoms with Crippen molar-refractivity contribution in [3.8, 4) is 0 Å². The molecule has 1 amide bonds. The summed E-state index contributed by atoms with van der Waals surface area (Å²) in [5.74, 6) is 0.699. The Morgan fingerprint density at radius 2 is 1.74 bits per heavy atom. The zero-order valence-corrected chi connectivity index (χ0v) is 12.4. The fourth-order valence-corrected chi connectivity index (χ4v) is 2.07. The van der Waals surface area contributed by atoms with E-state index in [0.717, 1.165) is 12.0 Å². The monoisotopic (exact) mass is 263 g/mol. The van der Waals surface area contributed by atoms with E-state index in [1.807, 2.05) is 19.1 Å². The molecule has 0 saturated heterocycles. The summed E-state index contributed by atoms with van der Waals surface area (Å²) in [6.07, 6.45) is 1.51. The molecule has 0 radical (unpaired) electrons. The molecule has 1 aromatic carbocycles. The molecule has 0 heterocycles. The molecule has 1 atom stereocenters. The van der Waals surface area contributed by atoms with Crippen LogP contribution in [0.4, 0.5) is 0 Å². The van der Waals surface area contributed by atoms with Crippen LogP contribution in [0.5, 0.6) is 0 Å². The zero-order valence-electron chi connectivity index (χ0n) is 12.4.